The zero-order valence-electron chi connectivity index (χ0n) is 19.2. The van der Waals surface area contributed by atoms with E-state index in [0.29, 0.717) is 22.8 Å². The van der Waals surface area contributed by atoms with E-state index in [1.54, 1.807) is 25.3 Å². The third kappa shape index (κ3) is 4.95. The summed E-state index contributed by atoms with van der Waals surface area (Å²) >= 11 is 0. The van der Waals surface area contributed by atoms with Crippen molar-refractivity contribution in [2.75, 3.05) is 12.8 Å². The van der Waals surface area contributed by atoms with E-state index in [0.717, 1.165) is 18.4 Å². The topological polar surface area (TPSA) is 95.6 Å². The molecular weight excluding hydrogens is 394 g/mol. The average Bonchev–Trinajstić information content (AvgIpc) is 3.05. The summed E-state index contributed by atoms with van der Waals surface area (Å²) in [5.41, 5.74) is 8.26. The predicted molar refractivity (Wildman–Crippen MR) is 119 cm³/mol. The van der Waals surface area contributed by atoms with Crippen LogP contribution in [0.4, 0.5) is 5.95 Å². The molecule has 0 aliphatic rings. The number of ketones is 1. The van der Waals surface area contributed by atoms with Crippen molar-refractivity contribution in [3.63, 3.8) is 0 Å². The summed E-state index contributed by atoms with van der Waals surface area (Å²) < 4.78 is 14.3. The van der Waals surface area contributed by atoms with Gasteiger partial charge in [-0.2, -0.15) is 0 Å². The summed E-state index contributed by atoms with van der Waals surface area (Å²) in [5.74, 6) is 1.27. The molecule has 0 bridgehead atoms. The fraction of sp³-hybridized carbons (Fsp3) is 0.478. The molecule has 3 rings (SSSR count). The summed E-state index contributed by atoms with van der Waals surface area (Å²) in [6.45, 7) is 10.4. The number of aromatic nitrogens is 4. The molecule has 0 amide bonds. The van der Waals surface area contributed by atoms with E-state index in [1.165, 1.54) is 9.20 Å². The molecule has 0 aliphatic carbocycles. The standard InChI is InChI=1S/C23H31N5O3/c1-7-17(8-2)31-21-10-9-20-25-27(22(24)28(20)26-21)14-19(29)15-11-16(23(3,4)5)13-18(12-15)30-6/h9-13,17,24H,7-8,14H2,1-6H3/p+1. The highest BCUT2D eigenvalue weighted by Gasteiger charge is 2.23. The SMILES string of the molecule is CCC(CC)Oc1ccc2n[n+](CC(=O)c3cc(OC)cc(C(C)(C)C)c3)c(N)n2n1. The van der Waals surface area contributed by atoms with E-state index in [2.05, 4.69) is 44.8 Å². The highest BCUT2D eigenvalue weighted by Crippen LogP contribution is 2.28. The number of benzene rings is 1. The Kier molecular flexibility index (Phi) is 6.48. The highest BCUT2D eigenvalue weighted by atomic mass is 16.5. The Balaban J connectivity index is 1.89. The summed E-state index contributed by atoms with van der Waals surface area (Å²) in [6, 6.07) is 9.14. The zero-order valence-corrected chi connectivity index (χ0v) is 19.2. The lowest BCUT2D eigenvalue weighted by atomic mass is 9.85. The first-order chi connectivity index (χ1) is 14.7. The largest absolute Gasteiger partial charge is 0.497 e. The average molecular weight is 427 g/mol. The Morgan fingerprint density at radius 1 is 1.19 bits per heavy atom. The van der Waals surface area contributed by atoms with Crippen LogP contribution in [0.25, 0.3) is 5.65 Å². The second-order valence-electron chi connectivity index (χ2n) is 8.64. The van der Waals surface area contributed by atoms with E-state index >= 15 is 0 Å². The number of hydrogen-bond acceptors (Lipinski definition) is 6. The van der Waals surface area contributed by atoms with Crippen LogP contribution in [-0.4, -0.2) is 33.7 Å². The number of nitrogens with zero attached hydrogens (tertiary/aromatic N) is 4. The van der Waals surface area contributed by atoms with Crippen molar-refractivity contribution >= 4 is 17.4 Å². The van der Waals surface area contributed by atoms with E-state index in [1.807, 2.05) is 12.1 Å². The van der Waals surface area contributed by atoms with Crippen molar-refractivity contribution < 1.29 is 19.0 Å². The van der Waals surface area contributed by atoms with Crippen molar-refractivity contribution in [3.05, 3.63) is 41.5 Å². The molecular formula is C23H32N5O3+. The fourth-order valence-electron chi connectivity index (χ4n) is 3.27. The minimum atomic E-state index is -0.117. The first-order valence-corrected chi connectivity index (χ1v) is 10.6. The molecule has 8 heteroatoms. The van der Waals surface area contributed by atoms with Crippen LogP contribution in [0.3, 0.4) is 0 Å². The number of rotatable bonds is 8. The second kappa shape index (κ2) is 8.91. The molecule has 1 aromatic carbocycles. The van der Waals surface area contributed by atoms with E-state index in [4.69, 9.17) is 15.2 Å². The van der Waals surface area contributed by atoms with E-state index in [9.17, 15) is 4.79 Å². The lowest BCUT2D eigenvalue weighted by Gasteiger charge is -2.20. The molecule has 2 aromatic heterocycles. The number of methoxy groups -OCH3 is 1. The molecule has 0 unspecified atom stereocenters. The number of Topliss-reactive ketones (excluding diaryl/α,β-unsaturated/α-hetero) is 1. The molecule has 0 atom stereocenters. The molecule has 31 heavy (non-hydrogen) atoms. The van der Waals surface area contributed by atoms with Crippen LogP contribution in [0.2, 0.25) is 0 Å². The number of anilines is 1. The molecule has 0 aliphatic heterocycles. The van der Waals surface area contributed by atoms with E-state index < -0.39 is 0 Å². The zero-order chi connectivity index (χ0) is 22.8. The third-order valence-corrected chi connectivity index (χ3v) is 5.32. The molecule has 166 valence electrons. The molecule has 3 aromatic rings. The smallest absolute Gasteiger partial charge is 0.401 e. The van der Waals surface area contributed by atoms with Crippen molar-refractivity contribution in [2.45, 2.75) is 65.5 Å². The van der Waals surface area contributed by atoms with Gasteiger partial charge in [-0.3, -0.25) is 10.5 Å². The quantitative estimate of drug-likeness (QED) is 0.438. The maximum Gasteiger partial charge on any atom is 0.401 e. The van der Waals surface area contributed by atoms with Crippen molar-refractivity contribution in [2.24, 2.45) is 0 Å². The first-order valence-electron chi connectivity index (χ1n) is 10.6. The van der Waals surface area contributed by atoms with Gasteiger partial charge in [-0.1, -0.05) is 49.3 Å². The van der Waals surface area contributed by atoms with E-state index in [-0.39, 0.29) is 29.8 Å². The molecule has 0 fully saturated rings. The highest BCUT2D eigenvalue weighted by molar-refractivity contribution is 5.95. The number of nitrogens with two attached hydrogens (primary N) is 1. The summed E-state index contributed by atoms with van der Waals surface area (Å²) in [7, 11) is 1.60. The summed E-state index contributed by atoms with van der Waals surface area (Å²) in [4.78, 5) is 13.1. The van der Waals surface area contributed by atoms with Gasteiger partial charge < -0.3 is 9.47 Å². The molecule has 2 heterocycles. The molecule has 0 saturated carbocycles. The molecule has 2 N–H and O–H groups in total. The van der Waals surface area contributed by atoms with Gasteiger partial charge in [-0.05, 0) is 42.0 Å². The first kappa shape index (κ1) is 22.5. The third-order valence-electron chi connectivity index (χ3n) is 5.32. The van der Waals surface area contributed by atoms with Gasteiger partial charge in [0, 0.05) is 17.7 Å². The lowest BCUT2D eigenvalue weighted by molar-refractivity contribution is -0.723. The molecule has 0 saturated heterocycles. The van der Waals surface area contributed by atoms with Gasteiger partial charge in [0.1, 0.15) is 11.9 Å². The monoisotopic (exact) mass is 426 g/mol. The van der Waals surface area contributed by atoms with Crippen LogP contribution in [-0.2, 0) is 12.0 Å². The van der Waals surface area contributed by atoms with Crippen molar-refractivity contribution in [1.82, 2.24) is 14.7 Å². The van der Waals surface area contributed by atoms with Gasteiger partial charge in [0.15, 0.2) is 12.3 Å². The Morgan fingerprint density at radius 3 is 2.52 bits per heavy atom. The van der Waals surface area contributed by atoms with Crippen LogP contribution in [0.15, 0.2) is 30.3 Å². The minimum Gasteiger partial charge on any atom is -0.497 e. The van der Waals surface area contributed by atoms with Crippen molar-refractivity contribution in [3.8, 4) is 11.6 Å². The summed E-state index contributed by atoms with van der Waals surface area (Å²) in [5, 5.41) is 8.88. The Morgan fingerprint density at radius 2 is 1.90 bits per heavy atom. The Bertz CT molecular complexity index is 1080. The maximum absolute atomic E-state index is 13.1. The maximum atomic E-state index is 13.1. The summed E-state index contributed by atoms with van der Waals surface area (Å²) in [6.07, 6.45) is 1.87. The van der Waals surface area contributed by atoms with Gasteiger partial charge in [0.2, 0.25) is 5.88 Å². The van der Waals surface area contributed by atoms with Crippen LogP contribution < -0.4 is 19.9 Å². The molecule has 0 spiro atoms. The number of hydrogen-bond donors (Lipinski definition) is 1. The van der Waals surface area contributed by atoms with Gasteiger partial charge in [0.25, 0.3) is 5.65 Å². The van der Waals surface area contributed by atoms with Crippen molar-refractivity contribution in [1.29, 1.82) is 0 Å². The Labute approximate surface area is 183 Å². The fourth-order valence-corrected chi connectivity index (χ4v) is 3.27. The van der Waals surface area contributed by atoms with Gasteiger partial charge in [-0.25, -0.2) is 0 Å². The van der Waals surface area contributed by atoms with Crippen LogP contribution in [0, 0.1) is 0 Å². The Hall–Kier alpha value is -3.16. The van der Waals surface area contributed by atoms with Crippen LogP contribution in [0.1, 0.15) is 63.4 Å². The second-order valence-corrected chi connectivity index (χ2v) is 8.64. The lowest BCUT2D eigenvalue weighted by Crippen LogP contribution is -2.42. The molecule has 0 radical (unpaired) electrons. The van der Waals surface area contributed by atoms with Gasteiger partial charge >= 0.3 is 5.95 Å². The number of fused-ring (bicyclic) bond motifs is 1. The number of carbonyl (C=O) groups is 1. The molecule has 8 nitrogen and oxygen atoms in total. The van der Waals surface area contributed by atoms with Crippen LogP contribution >= 0.6 is 0 Å². The van der Waals surface area contributed by atoms with Gasteiger partial charge in [-0.15, -0.1) is 4.68 Å². The normalized spacial score (nSPS) is 11.8. The van der Waals surface area contributed by atoms with Gasteiger partial charge in [0.05, 0.1) is 7.11 Å². The number of carbonyl (C=O) groups excluding carboxylic acids is 1. The number of ether oxygens (including phenoxy) is 2. The van der Waals surface area contributed by atoms with Crippen LogP contribution in [0.5, 0.6) is 11.6 Å². The number of nitrogen functional groups attached to an aromatic ring is 1. The minimum absolute atomic E-state index is 0.00528. The predicted octanol–water partition coefficient (Wildman–Crippen LogP) is 3.36.